The number of piperidine rings is 1. The maximum atomic E-state index is 12.4. The third-order valence-electron chi connectivity index (χ3n) is 4.95. The molecule has 0 aliphatic carbocycles. The summed E-state index contributed by atoms with van der Waals surface area (Å²) in [7, 11) is 0. The number of hydrogen-bond donors (Lipinski definition) is 1. The first-order chi connectivity index (χ1) is 13.7. The highest BCUT2D eigenvalue weighted by molar-refractivity contribution is 7.13. The number of anilines is 1. The van der Waals surface area contributed by atoms with Gasteiger partial charge < -0.3 is 5.32 Å². The number of para-hydroxylation sites is 1. The van der Waals surface area contributed by atoms with E-state index in [1.165, 1.54) is 24.2 Å². The van der Waals surface area contributed by atoms with Gasteiger partial charge >= 0.3 is 0 Å². The third kappa shape index (κ3) is 4.85. The maximum Gasteiger partial charge on any atom is 0.230 e. The molecular weight excluding hydrogens is 370 g/mol. The van der Waals surface area contributed by atoms with Gasteiger partial charge in [-0.05, 0) is 43.0 Å². The lowest BCUT2D eigenvalue weighted by molar-refractivity contribution is -0.115. The largest absolute Gasteiger partial charge is 0.302 e. The van der Waals surface area contributed by atoms with Gasteiger partial charge in [0.25, 0.3) is 0 Å². The Kier molecular flexibility index (Phi) is 5.83. The standard InChI is InChI=1S/C21H25N5OS/c1-16-6-5-9-25(12-16)14-18-15-28-21(23-18)24-20(27)10-17-11-22-26(13-17)19-7-3-2-4-8-19/h2-4,7-8,11,13,15-16H,5-6,9-10,12,14H2,1H3,(H,23,24,27). The van der Waals surface area contributed by atoms with Crippen molar-refractivity contribution in [1.82, 2.24) is 19.7 Å². The molecule has 1 fully saturated rings. The van der Waals surface area contributed by atoms with Crippen molar-refractivity contribution in [3.8, 4) is 5.69 Å². The number of hydrogen-bond acceptors (Lipinski definition) is 5. The van der Waals surface area contributed by atoms with Gasteiger partial charge in [0.05, 0.1) is 24.0 Å². The average Bonchev–Trinajstić information content (AvgIpc) is 3.32. The van der Waals surface area contributed by atoms with Gasteiger partial charge in [-0.2, -0.15) is 5.10 Å². The summed E-state index contributed by atoms with van der Waals surface area (Å²) < 4.78 is 1.78. The van der Waals surface area contributed by atoms with Crippen LogP contribution < -0.4 is 5.32 Å². The minimum absolute atomic E-state index is 0.0693. The number of rotatable bonds is 6. The van der Waals surface area contributed by atoms with Crippen LogP contribution in [0.1, 0.15) is 31.0 Å². The molecule has 2 aromatic heterocycles. The van der Waals surface area contributed by atoms with E-state index in [0.29, 0.717) is 5.13 Å². The first-order valence-electron chi connectivity index (χ1n) is 9.71. The molecule has 3 aromatic rings. The smallest absolute Gasteiger partial charge is 0.230 e. The molecule has 0 bridgehead atoms. The van der Waals surface area contributed by atoms with E-state index >= 15 is 0 Å². The van der Waals surface area contributed by atoms with Gasteiger partial charge in [-0.1, -0.05) is 25.1 Å². The molecule has 1 unspecified atom stereocenters. The Morgan fingerprint density at radius 3 is 3.00 bits per heavy atom. The second kappa shape index (κ2) is 8.67. The van der Waals surface area contributed by atoms with Gasteiger partial charge in [-0.25, -0.2) is 9.67 Å². The molecule has 1 N–H and O–H groups in total. The molecule has 6 nitrogen and oxygen atoms in total. The van der Waals surface area contributed by atoms with Crippen molar-refractivity contribution in [2.45, 2.75) is 32.7 Å². The molecule has 1 aliphatic rings. The van der Waals surface area contributed by atoms with E-state index in [1.807, 2.05) is 41.9 Å². The van der Waals surface area contributed by atoms with Crippen molar-refractivity contribution < 1.29 is 4.79 Å². The van der Waals surface area contributed by atoms with E-state index in [1.54, 1.807) is 10.9 Å². The topological polar surface area (TPSA) is 63.1 Å². The molecule has 0 saturated carbocycles. The summed E-state index contributed by atoms with van der Waals surface area (Å²) >= 11 is 1.49. The Morgan fingerprint density at radius 2 is 2.18 bits per heavy atom. The number of amides is 1. The van der Waals surface area contributed by atoms with Crippen LogP contribution in [0.25, 0.3) is 5.69 Å². The van der Waals surface area contributed by atoms with Crippen molar-refractivity contribution in [2.24, 2.45) is 5.92 Å². The molecule has 1 aliphatic heterocycles. The number of thiazole rings is 1. The Balaban J connectivity index is 1.31. The maximum absolute atomic E-state index is 12.4. The fourth-order valence-corrected chi connectivity index (χ4v) is 4.34. The van der Waals surface area contributed by atoms with Gasteiger partial charge in [0.2, 0.25) is 5.91 Å². The lowest BCUT2D eigenvalue weighted by Crippen LogP contribution is -2.33. The van der Waals surface area contributed by atoms with E-state index < -0.39 is 0 Å². The normalized spacial score (nSPS) is 17.5. The van der Waals surface area contributed by atoms with E-state index in [-0.39, 0.29) is 12.3 Å². The zero-order valence-electron chi connectivity index (χ0n) is 16.0. The van der Waals surface area contributed by atoms with Crippen molar-refractivity contribution in [1.29, 1.82) is 0 Å². The molecule has 1 saturated heterocycles. The molecule has 0 spiro atoms. The van der Waals surface area contributed by atoms with Crippen LogP contribution in [0.4, 0.5) is 5.13 Å². The Morgan fingerprint density at radius 1 is 1.32 bits per heavy atom. The fraction of sp³-hybridized carbons (Fsp3) is 0.381. The Hall–Kier alpha value is -2.51. The van der Waals surface area contributed by atoms with E-state index in [9.17, 15) is 4.79 Å². The second-order valence-electron chi connectivity index (χ2n) is 7.48. The predicted molar refractivity (Wildman–Crippen MR) is 112 cm³/mol. The lowest BCUT2D eigenvalue weighted by atomic mass is 10.0. The van der Waals surface area contributed by atoms with Crippen LogP contribution in [0.3, 0.4) is 0 Å². The predicted octanol–water partition coefficient (Wildman–Crippen LogP) is 3.74. The molecule has 1 atom stereocenters. The molecule has 1 aromatic carbocycles. The molecule has 3 heterocycles. The van der Waals surface area contributed by atoms with Crippen LogP contribution in [0, 0.1) is 5.92 Å². The molecule has 1 amide bonds. The van der Waals surface area contributed by atoms with Crippen LogP contribution in [-0.2, 0) is 17.8 Å². The van der Waals surface area contributed by atoms with E-state index in [2.05, 4.69) is 27.2 Å². The molecule has 28 heavy (non-hydrogen) atoms. The first-order valence-corrected chi connectivity index (χ1v) is 10.6. The van der Waals surface area contributed by atoms with E-state index in [0.717, 1.165) is 42.5 Å². The molecule has 146 valence electrons. The molecular formula is C21H25N5OS. The first kappa shape index (κ1) is 18.8. The van der Waals surface area contributed by atoms with Crippen LogP contribution in [0.5, 0.6) is 0 Å². The summed E-state index contributed by atoms with van der Waals surface area (Å²) in [5, 5.41) is 9.97. The average molecular weight is 396 g/mol. The second-order valence-corrected chi connectivity index (χ2v) is 8.34. The number of nitrogens with zero attached hydrogens (tertiary/aromatic N) is 4. The van der Waals surface area contributed by atoms with Crippen LogP contribution in [-0.4, -0.2) is 38.7 Å². The highest BCUT2D eigenvalue weighted by Crippen LogP contribution is 2.21. The van der Waals surface area contributed by atoms with E-state index in [4.69, 9.17) is 0 Å². The summed E-state index contributed by atoms with van der Waals surface area (Å²) in [6.45, 7) is 5.43. The van der Waals surface area contributed by atoms with Gasteiger partial charge in [-0.3, -0.25) is 9.69 Å². The Bertz CT molecular complexity index is 920. The summed E-state index contributed by atoms with van der Waals surface area (Å²) in [5.41, 5.74) is 2.89. The zero-order valence-corrected chi connectivity index (χ0v) is 16.9. The lowest BCUT2D eigenvalue weighted by Gasteiger charge is -2.30. The minimum Gasteiger partial charge on any atom is -0.302 e. The monoisotopic (exact) mass is 395 g/mol. The molecule has 0 radical (unpaired) electrons. The number of aromatic nitrogens is 3. The fourth-order valence-electron chi connectivity index (χ4n) is 3.62. The summed E-state index contributed by atoms with van der Waals surface area (Å²) in [6.07, 6.45) is 6.48. The highest BCUT2D eigenvalue weighted by atomic mass is 32.1. The van der Waals surface area contributed by atoms with Gasteiger partial charge in [0.1, 0.15) is 0 Å². The number of likely N-dealkylation sites (tertiary alicyclic amines) is 1. The number of nitrogens with one attached hydrogen (secondary N) is 1. The third-order valence-corrected chi connectivity index (χ3v) is 5.75. The van der Waals surface area contributed by atoms with Crippen molar-refractivity contribution in [2.75, 3.05) is 18.4 Å². The summed E-state index contributed by atoms with van der Waals surface area (Å²) in [6, 6.07) is 9.87. The molecule has 4 rings (SSSR count). The van der Waals surface area contributed by atoms with Crippen LogP contribution in [0.15, 0.2) is 48.1 Å². The van der Waals surface area contributed by atoms with Gasteiger partial charge in [0.15, 0.2) is 5.13 Å². The highest BCUT2D eigenvalue weighted by Gasteiger charge is 2.17. The zero-order chi connectivity index (χ0) is 19.3. The quantitative estimate of drug-likeness (QED) is 0.691. The molecule has 7 heteroatoms. The number of benzene rings is 1. The van der Waals surface area contributed by atoms with Gasteiger partial charge in [0, 0.05) is 24.7 Å². The summed E-state index contributed by atoms with van der Waals surface area (Å²) in [5.74, 6) is 0.684. The Labute approximate surface area is 169 Å². The van der Waals surface area contributed by atoms with Crippen LogP contribution >= 0.6 is 11.3 Å². The SMILES string of the molecule is CC1CCCN(Cc2csc(NC(=O)Cc3cnn(-c4ccccc4)c3)n2)C1. The van der Waals surface area contributed by atoms with Crippen molar-refractivity contribution in [3.63, 3.8) is 0 Å². The van der Waals surface area contributed by atoms with Gasteiger partial charge in [-0.15, -0.1) is 11.3 Å². The van der Waals surface area contributed by atoms with Crippen molar-refractivity contribution >= 4 is 22.4 Å². The minimum atomic E-state index is -0.0693. The van der Waals surface area contributed by atoms with Crippen LogP contribution in [0.2, 0.25) is 0 Å². The number of carbonyl (C=O) groups excluding carboxylic acids is 1. The summed E-state index contributed by atoms with van der Waals surface area (Å²) in [4.78, 5) is 19.4. The number of carbonyl (C=O) groups is 1. The van der Waals surface area contributed by atoms with Crippen molar-refractivity contribution in [3.05, 3.63) is 59.4 Å².